The summed E-state index contributed by atoms with van der Waals surface area (Å²) < 4.78 is 17.1. The predicted octanol–water partition coefficient (Wildman–Crippen LogP) is 5.50. The Labute approximate surface area is 214 Å². The Morgan fingerprint density at radius 3 is 2.65 bits per heavy atom. The fourth-order valence-corrected chi connectivity index (χ4v) is 4.54. The van der Waals surface area contributed by atoms with Crippen LogP contribution in [0.2, 0.25) is 0 Å². The summed E-state index contributed by atoms with van der Waals surface area (Å²) in [4.78, 5) is 34.0. The second-order valence-electron chi connectivity index (χ2n) is 9.97. The van der Waals surface area contributed by atoms with E-state index in [4.69, 9.17) is 4.98 Å². The van der Waals surface area contributed by atoms with Crippen LogP contribution in [0.3, 0.4) is 0 Å². The molecule has 3 N–H and O–H groups in total. The van der Waals surface area contributed by atoms with Crippen LogP contribution in [0.15, 0.2) is 42.7 Å². The van der Waals surface area contributed by atoms with Gasteiger partial charge in [0, 0.05) is 28.9 Å². The molecule has 0 saturated carbocycles. The number of hydrogen-bond acceptors (Lipinski definition) is 5. The molecule has 2 aromatic carbocycles. The van der Waals surface area contributed by atoms with Crippen LogP contribution in [0.1, 0.15) is 55.2 Å². The van der Waals surface area contributed by atoms with Crippen molar-refractivity contribution in [1.82, 2.24) is 19.9 Å². The van der Waals surface area contributed by atoms with E-state index in [0.29, 0.717) is 34.6 Å². The lowest BCUT2D eigenvalue weighted by Crippen LogP contribution is -2.30. The highest BCUT2D eigenvalue weighted by atomic mass is 19.1. The average molecular weight is 501 g/mol. The van der Waals surface area contributed by atoms with E-state index in [-0.39, 0.29) is 29.6 Å². The van der Waals surface area contributed by atoms with Gasteiger partial charge < -0.3 is 20.5 Å². The highest BCUT2D eigenvalue weighted by Crippen LogP contribution is 2.34. The van der Waals surface area contributed by atoms with Crippen molar-refractivity contribution in [3.63, 3.8) is 0 Å². The van der Waals surface area contributed by atoms with Crippen LogP contribution < -0.4 is 16.0 Å². The molecule has 0 radical (unpaired) electrons. The maximum absolute atomic E-state index is 15.2. The smallest absolute Gasteiger partial charge is 0.251 e. The number of nitrogens with one attached hydrogen (secondary N) is 3. The van der Waals surface area contributed by atoms with E-state index < -0.39 is 5.82 Å². The van der Waals surface area contributed by atoms with E-state index in [1.54, 1.807) is 13.3 Å². The monoisotopic (exact) mass is 500 g/mol. The van der Waals surface area contributed by atoms with Crippen molar-refractivity contribution in [3.8, 4) is 11.3 Å². The number of rotatable bonds is 6. The standard InChI is InChI=1S/C28H29FN6O2/c1-14(2)31-28(37)19-11-23(20(29)8-16(19)5)34-27-26-24(30-13-35(26)15(3)4)12-22(33-27)17-6-7-18-10-25(36)32-21(18)9-17/h6-9,11-15H,10H2,1-5H3,(H,31,37)(H,32,36)(H,33,34). The van der Waals surface area contributed by atoms with Crippen molar-refractivity contribution in [2.75, 3.05) is 10.6 Å². The summed E-state index contributed by atoms with van der Waals surface area (Å²) in [6.45, 7) is 9.52. The first-order valence-corrected chi connectivity index (χ1v) is 12.3. The maximum Gasteiger partial charge on any atom is 0.251 e. The van der Waals surface area contributed by atoms with Crippen molar-refractivity contribution in [2.45, 2.75) is 53.1 Å². The molecule has 37 heavy (non-hydrogen) atoms. The van der Waals surface area contributed by atoms with Crippen molar-refractivity contribution >= 4 is 40.0 Å². The van der Waals surface area contributed by atoms with E-state index in [1.807, 2.05) is 56.5 Å². The van der Waals surface area contributed by atoms with Gasteiger partial charge in [-0.25, -0.2) is 14.4 Å². The summed E-state index contributed by atoms with van der Waals surface area (Å²) in [5, 5.41) is 8.88. The quantitative estimate of drug-likeness (QED) is 0.324. The Hall–Kier alpha value is -4.27. The van der Waals surface area contributed by atoms with Gasteiger partial charge in [0.15, 0.2) is 5.82 Å². The number of carbonyl (C=O) groups excluding carboxylic acids is 2. The van der Waals surface area contributed by atoms with Crippen LogP contribution in [-0.2, 0) is 11.2 Å². The van der Waals surface area contributed by atoms with Gasteiger partial charge >= 0.3 is 0 Å². The number of halogens is 1. The number of fused-ring (bicyclic) bond motifs is 2. The number of aryl methyl sites for hydroxylation is 1. The van der Waals surface area contributed by atoms with Crippen LogP contribution >= 0.6 is 0 Å². The highest BCUT2D eigenvalue weighted by Gasteiger charge is 2.21. The number of hydrogen-bond donors (Lipinski definition) is 3. The molecule has 1 aliphatic heterocycles. The van der Waals surface area contributed by atoms with Crippen LogP contribution in [0.5, 0.6) is 0 Å². The number of amides is 2. The molecular formula is C28H29FN6O2. The normalized spacial score (nSPS) is 12.8. The van der Waals surface area contributed by atoms with Crippen molar-refractivity contribution in [3.05, 3.63) is 65.2 Å². The summed E-state index contributed by atoms with van der Waals surface area (Å²) in [6.07, 6.45) is 2.09. The van der Waals surface area contributed by atoms with Gasteiger partial charge in [0.25, 0.3) is 5.91 Å². The SMILES string of the molecule is Cc1cc(F)c(Nc2nc(-c3ccc4c(c3)NC(=O)C4)cc3ncn(C(C)C)c23)cc1C(=O)NC(C)C. The largest absolute Gasteiger partial charge is 0.350 e. The van der Waals surface area contributed by atoms with Gasteiger partial charge in [0.1, 0.15) is 11.3 Å². The molecule has 9 heteroatoms. The lowest BCUT2D eigenvalue weighted by molar-refractivity contribution is -0.115. The Bertz CT molecular complexity index is 1560. The van der Waals surface area contributed by atoms with Gasteiger partial charge in [-0.1, -0.05) is 12.1 Å². The van der Waals surface area contributed by atoms with E-state index in [0.717, 1.165) is 22.3 Å². The lowest BCUT2D eigenvalue weighted by atomic mass is 10.1. The summed E-state index contributed by atoms with van der Waals surface area (Å²) in [7, 11) is 0. The Balaban J connectivity index is 1.63. The highest BCUT2D eigenvalue weighted by molar-refractivity contribution is 6.00. The molecule has 3 heterocycles. The molecule has 2 aromatic heterocycles. The molecular weight excluding hydrogens is 471 g/mol. The molecule has 190 valence electrons. The Morgan fingerprint density at radius 2 is 1.92 bits per heavy atom. The molecule has 0 fully saturated rings. The molecule has 0 bridgehead atoms. The van der Waals surface area contributed by atoms with Crippen LogP contribution in [0.25, 0.3) is 22.3 Å². The minimum absolute atomic E-state index is 0.0410. The number of benzene rings is 2. The second-order valence-corrected chi connectivity index (χ2v) is 9.97. The topological polar surface area (TPSA) is 101 Å². The molecule has 2 amide bonds. The third-order valence-corrected chi connectivity index (χ3v) is 6.37. The van der Waals surface area contributed by atoms with Gasteiger partial charge in [-0.15, -0.1) is 0 Å². The minimum atomic E-state index is -0.491. The molecule has 0 atom stereocenters. The summed E-state index contributed by atoms with van der Waals surface area (Å²) in [6, 6.07) is 10.5. The fourth-order valence-electron chi connectivity index (χ4n) is 4.54. The molecule has 5 rings (SSSR count). The number of aromatic nitrogens is 3. The fraction of sp³-hybridized carbons (Fsp3) is 0.286. The number of pyridine rings is 1. The maximum atomic E-state index is 15.2. The molecule has 0 saturated heterocycles. The van der Waals surface area contributed by atoms with E-state index in [1.165, 1.54) is 12.1 Å². The zero-order valence-corrected chi connectivity index (χ0v) is 21.4. The molecule has 0 unspecified atom stereocenters. The first-order chi connectivity index (χ1) is 17.6. The summed E-state index contributed by atoms with van der Waals surface area (Å²) >= 11 is 0. The third-order valence-electron chi connectivity index (χ3n) is 6.37. The van der Waals surface area contributed by atoms with E-state index in [2.05, 4.69) is 20.9 Å². The zero-order valence-electron chi connectivity index (χ0n) is 21.4. The number of imidazole rings is 1. The van der Waals surface area contributed by atoms with E-state index >= 15 is 4.39 Å². The summed E-state index contributed by atoms with van der Waals surface area (Å²) in [5.74, 6) is -0.383. The molecule has 0 aliphatic carbocycles. The van der Waals surface area contributed by atoms with Gasteiger partial charge in [-0.3, -0.25) is 9.59 Å². The number of anilines is 3. The minimum Gasteiger partial charge on any atom is -0.350 e. The lowest BCUT2D eigenvalue weighted by Gasteiger charge is -2.16. The first kappa shape index (κ1) is 24.4. The van der Waals surface area contributed by atoms with Crippen LogP contribution in [0, 0.1) is 12.7 Å². The summed E-state index contributed by atoms with van der Waals surface area (Å²) in [5.41, 5.74) is 5.60. The molecule has 1 aliphatic rings. The Kier molecular flexibility index (Phi) is 6.15. The molecule has 8 nitrogen and oxygen atoms in total. The first-order valence-electron chi connectivity index (χ1n) is 12.3. The number of carbonyl (C=O) groups is 2. The van der Waals surface area contributed by atoms with Gasteiger partial charge in [-0.05, 0) is 70.0 Å². The number of nitrogens with zero attached hydrogens (tertiary/aromatic N) is 3. The van der Waals surface area contributed by atoms with Gasteiger partial charge in [-0.2, -0.15) is 0 Å². The van der Waals surface area contributed by atoms with Gasteiger partial charge in [0.2, 0.25) is 5.91 Å². The van der Waals surface area contributed by atoms with E-state index in [9.17, 15) is 9.59 Å². The third kappa shape index (κ3) is 4.64. The van der Waals surface area contributed by atoms with Gasteiger partial charge in [0.05, 0.1) is 29.6 Å². The molecule has 0 spiro atoms. The van der Waals surface area contributed by atoms with Crippen LogP contribution in [0.4, 0.5) is 21.6 Å². The van der Waals surface area contributed by atoms with Crippen LogP contribution in [-0.4, -0.2) is 32.4 Å². The zero-order chi connectivity index (χ0) is 26.4. The van der Waals surface area contributed by atoms with Crippen molar-refractivity contribution in [2.24, 2.45) is 0 Å². The second kappa shape index (κ2) is 9.31. The average Bonchev–Trinajstić information content (AvgIpc) is 3.42. The molecule has 4 aromatic rings. The predicted molar refractivity (Wildman–Crippen MR) is 143 cm³/mol. The Morgan fingerprint density at radius 1 is 1.14 bits per heavy atom. The van der Waals surface area contributed by atoms with Crippen molar-refractivity contribution in [1.29, 1.82) is 0 Å². The van der Waals surface area contributed by atoms with Crippen molar-refractivity contribution < 1.29 is 14.0 Å².